The first-order chi connectivity index (χ1) is 11.8. The van der Waals surface area contributed by atoms with Crippen LogP contribution in [0.2, 0.25) is 0 Å². The minimum Gasteiger partial charge on any atom is -0.443 e. The van der Waals surface area contributed by atoms with Gasteiger partial charge in [0.15, 0.2) is 0 Å². The molecule has 0 fully saturated rings. The number of nitro benzene ring substituents is 1. The van der Waals surface area contributed by atoms with Gasteiger partial charge in [0.25, 0.3) is 5.69 Å². The number of hydrogen-bond acceptors (Lipinski definition) is 6. The Hall–Kier alpha value is -2.88. The highest BCUT2D eigenvalue weighted by Crippen LogP contribution is 2.35. The lowest BCUT2D eigenvalue weighted by Crippen LogP contribution is -2.08. The van der Waals surface area contributed by atoms with E-state index in [1.165, 1.54) is 17.6 Å². The van der Waals surface area contributed by atoms with E-state index in [1.54, 1.807) is 0 Å². The Morgan fingerprint density at radius 3 is 2.76 bits per heavy atom. The second-order valence-corrected chi connectivity index (χ2v) is 5.91. The summed E-state index contributed by atoms with van der Waals surface area (Å²) in [7, 11) is 0. The molecule has 2 aromatic heterocycles. The third-order valence-electron chi connectivity index (χ3n) is 3.27. The Balaban J connectivity index is 1.78. The molecule has 0 amide bonds. The van der Waals surface area contributed by atoms with Crippen LogP contribution in [0.1, 0.15) is 11.3 Å². The van der Waals surface area contributed by atoms with E-state index in [0.717, 1.165) is 17.0 Å². The molecular formula is C15H10F3N3O3S. The number of benzene rings is 1. The Labute approximate surface area is 143 Å². The van der Waals surface area contributed by atoms with Crippen LogP contribution in [0.25, 0.3) is 10.8 Å². The lowest BCUT2D eigenvalue weighted by molar-refractivity contribution is -0.384. The lowest BCUT2D eigenvalue weighted by Gasteiger charge is -2.09. The van der Waals surface area contributed by atoms with Crippen LogP contribution in [0.4, 0.5) is 24.5 Å². The first-order valence-corrected chi connectivity index (χ1v) is 7.80. The Morgan fingerprint density at radius 2 is 2.12 bits per heavy atom. The summed E-state index contributed by atoms with van der Waals surface area (Å²) in [4.78, 5) is 15.2. The average molecular weight is 369 g/mol. The fourth-order valence-corrected chi connectivity index (χ4v) is 2.75. The van der Waals surface area contributed by atoms with Gasteiger partial charge in [0, 0.05) is 6.07 Å². The lowest BCUT2D eigenvalue weighted by atomic mass is 10.1. The summed E-state index contributed by atoms with van der Waals surface area (Å²) in [6.07, 6.45) is -3.26. The smallest absolute Gasteiger partial charge is 0.416 e. The predicted molar refractivity (Wildman–Crippen MR) is 85.2 cm³/mol. The second kappa shape index (κ2) is 6.55. The number of nitrogens with zero attached hydrogens (tertiary/aromatic N) is 2. The third-order valence-corrected chi connectivity index (χ3v) is 4.12. The normalized spacial score (nSPS) is 11.5. The first kappa shape index (κ1) is 17.0. The minimum absolute atomic E-state index is 0.0290. The molecule has 0 radical (unpaired) electrons. The number of aromatic nitrogens is 1. The molecule has 1 aromatic carbocycles. The molecule has 3 rings (SSSR count). The molecule has 3 aromatic rings. The van der Waals surface area contributed by atoms with Crippen LogP contribution in [0, 0.1) is 10.1 Å². The summed E-state index contributed by atoms with van der Waals surface area (Å²) in [6, 6.07) is 5.99. The summed E-state index contributed by atoms with van der Waals surface area (Å²) < 4.78 is 43.4. The second-order valence-electron chi connectivity index (χ2n) is 4.96. The molecule has 0 unspecified atom stereocenters. The molecule has 0 bridgehead atoms. The number of thiophene rings is 1. The van der Waals surface area contributed by atoms with Crippen LogP contribution >= 0.6 is 11.3 Å². The highest BCUT2D eigenvalue weighted by Gasteiger charge is 2.33. The Bertz CT molecular complexity index is 891. The first-order valence-electron chi connectivity index (χ1n) is 6.92. The van der Waals surface area contributed by atoms with Crippen molar-refractivity contribution >= 4 is 22.7 Å². The van der Waals surface area contributed by atoms with Gasteiger partial charge in [-0.2, -0.15) is 13.2 Å². The van der Waals surface area contributed by atoms with E-state index in [1.807, 2.05) is 17.5 Å². The Morgan fingerprint density at radius 1 is 1.32 bits per heavy atom. The zero-order chi connectivity index (χ0) is 18.0. The van der Waals surface area contributed by atoms with E-state index in [0.29, 0.717) is 17.7 Å². The van der Waals surface area contributed by atoms with Crippen molar-refractivity contribution < 1.29 is 22.5 Å². The molecule has 0 aliphatic rings. The van der Waals surface area contributed by atoms with Crippen molar-refractivity contribution in [1.29, 1.82) is 0 Å². The van der Waals surface area contributed by atoms with Gasteiger partial charge in [0.1, 0.15) is 12.0 Å². The van der Waals surface area contributed by atoms with Gasteiger partial charge < -0.3 is 9.73 Å². The molecule has 0 atom stereocenters. The summed E-state index contributed by atoms with van der Waals surface area (Å²) >= 11 is 1.44. The fourth-order valence-electron chi connectivity index (χ4n) is 2.10. The van der Waals surface area contributed by atoms with Gasteiger partial charge in [0.2, 0.25) is 5.89 Å². The van der Waals surface area contributed by atoms with Crippen molar-refractivity contribution in [1.82, 2.24) is 4.98 Å². The third kappa shape index (κ3) is 3.79. The van der Waals surface area contributed by atoms with Crippen molar-refractivity contribution in [2.45, 2.75) is 12.7 Å². The number of nitro groups is 1. The van der Waals surface area contributed by atoms with Crippen molar-refractivity contribution in [3.8, 4) is 10.8 Å². The number of alkyl halides is 3. The van der Waals surface area contributed by atoms with E-state index >= 15 is 0 Å². The predicted octanol–water partition coefficient (Wildman–Crippen LogP) is 4.94. The molecule has 10 heteroatoms. The SMILES string of the molecule is O=[N+]([O-])c1cc(C(F)(F)F)ccc1NCc1coc(-c2cccs2)n1. The number of hydrogen-bond donors (Lipinski definition) is 1. The van der Waals surface area contributed by atoms with Gasteiger partial charge in [0.05, 0.1) is 27.6 Å². The van der Waals surface area contributed by atoms with Gasteiger partial charge in [-0.3, -0.25) is 10.1 Å². The largest absolute Gasteiger partial charge is 0.443 e. The van der Waals surface area contributed by atoms with Crippen LogP contribution in [0.15, 0.2) is 46.4 Å². The zero-order valence-corrected chi connectivity index (χ0v) is 13.2. The molecule has 130 valence electrons. The van der Waals surface area contributed by atoms with Crippen LogP contribution in [0.3, 0.4) is 0 Å². The summed E-state index contributed by atoms with van der Waals surface area (Å²) in [6.45, 7) is 0.0705. The topological polar surface area (TPSA) is 81.2 Å². The maximum Gasteiger partial charge on any atom is 0.416 e. The molecule has 2 heterocycles. The Kier molecular flexibility index (Phi) is 4.45. The summed E-state index contributed by atoms with van der Waals surface area (Å²) in [5.74, 6) is 0.411. The number of halogens is 3. The van der Waals surface area contributed by atoms with E-state index in [-0.39, 0.29) is 12.2 Å². The monoisotopic (exact) mass is 369 g/mol. The quantitative estimate of drug-likeness (QED) is 0.509. The average Bonchev–Trinajstić information content (AvgIpc) is 3.22. The molecule has 6 nitrogen and oxygen atoms in total. The number of oxazole rings is 1. The van der Waals surface area contributed by atoms with E-state index in [9.17, 15) is 23.3 Å². The molecule has 0 saturated heterocycles. The van der Waals surface area contributed by atoms with Crippen molar-refractivity contribution in [2.24, 2.45) is 0 Å². The minimum atomic E-state index is -4.65. The highest BCUT2D eigenvalue weighted by atomic mass is 32.1. The maximum atomic E-state index is 12.7. The number of nitrogens with one attached hydrogen (secondary N) is 1. The molecule has 1 N–H and O–H groups in total. The molecule has 0 aliphatic heterocycles. The molecule has 25 heavy (non-hydrogen) atoms. The number of anilines is 1. The molecular weight excluding hydrogens is 359 g/mol. The number of rotatable bonds is 5. The van der Waals surface area contributed by atoms with Gasteiger partial charge in [-0.25, -0.2) is 4.98 Å². The van der Waals surface area contributed by atoms with E-state index in [4.69, 9.17) is 4.42 Å². The van der Waals surface area contributed by atoms with Crippen molar-refractivity contribution in [3.05, 3.63) is 63.3 Å². The molecule has 0 spiro atoms. The van der Waals surface area contributed by atoms with Crippen LogP contribution < -0.4 is 5.32 Å². The summed E-state index contributed by atoms with van der Waals surface area (Å²) in [5.41, 5.74) is -1.29. The van der Waals surface area contributed by atoms with Gasteiger partial charge in [-0.15, -0.1) is 11.3 Å². The summed E-state index contributed by atoms with van der Waals surface area (Å²) in [5, 5.41) is 15.6. The van der Waals surface area contributed by atoms with Gasteiger partial charge >= 0.3 is 6.18 Å². The van der Waals surface area contributed by atoms with Gasteiger partial charge in [-0.1, -0.05) is 6.07 Å². The standard InChI is InChI=1S/C15H10F3N3O3S/c16-15(17,18)9-3-4-11(12(6-9)21(22)23)19-7-10-8-24-14(20-10)13-2-1-5-25-13/h1-6,8,19H,7H2. The van der Waals surface area contributed by atoms with Crippen LogP contribution in [0.5, 0.6) is 0 Å². The van der Waals surface area contributed by atoms with Crippen molar-refractivity contribution in [3.63, 3.8) is 0 Å². The maximum absolute atomic E-state index is 12.7. The van der Waals surface area contributed by atoms with Crippen LogP contribution in [-0.4, -0.2) is 9.91 Å². The van der Waals surface area contributed by atoms with E-state index < -0.39 is 22.4 Å². The fraction of sp³-hybridized carbons (Fsp3) is 0.133. The highest BCUT2D eigenvalue weighted by molar-refractivity contribution is 7.13. The zero-order valence-electron chi connectivity index (χ0n) is 12.4. The molecule has 0 saturated carbocycles. The van der Waals surface area contributed by atoms with E-state index in [2.05, 4.69) is 10.3 Å². The van der Waals surface area contributed by atoms with Crippen LogP contribution in [-0.2, 0) is 12.7 Å². The van der Waals surface area contributed by atoms with Gasteiger partial charge in [-0.05, 0) is 23.6 Å². The van der Waals surface area contributed by atoms with Crippen molar-refractivity contribution in [2.75, 3.05) is 5.32 Å². The molecule has 0 aliphatic carbocycles.